The third-order valence-electron chi connectivity index (χ3n) is 3.21. The zero-order valence-electron chi connectivity index (χ0n) is 12.7. The molecule has 1 aromatic rings. The Kier molecular flexibility index (Phi) is 7.25. The van der Waals surface area contributed by atoms with E-state index in [1.54, 1.807) is 0 Å². The number of alkyl halides is 2. The van der Waals surface area contributed by atoms with Crippen molar-refractivity contribution in [2.45, 2.75) is 6.43 Å². The molecular weight excluding hydrogens is 399 g/mol. The molecule has 0 aromatic heterocycles. The van der Waals surface area contributed by atoms with Crippen LogP contribution < -0.4 is 4.74 Å². The van der Waals surface area contributed by atoms with Crippen LogP contribution in [0.15, 0.2) is 36.1 Å². The molecule has 0 N–H and O–H groups in total. The number of rotatable bonds is 4. The van der Waals surface area contributed by atoms with Gasteiger partial charge in [-0.3, -0.25) is 0 Å². The number of benzene rings is 1. The van der Waals surface area contributed by atoms with E-state index < -0.39 is 30.4 Å². The fraction of sp³-hybridized carbons (Fsp3) is 0.176. The van der Waals surface area contributed by atoms with Crippen molar-refractivity contribution in [1.29, 1.82) is 0 Å². The Bertz CT molecular complexity index is 726. The first-order chi connectivity index (χ1) is 10.9. The summed E-state index contributed by atoms with van der Waals surface area (Å²) in [5.74, 6) is -0.156. The Morgan fingerprint density at radius 1 is 1.33 bits per heavy atom. The zero-order chi connectivity index (χ0) is 17.1. The van der Waals surface area contributed by atoms with Crippen molar-refractivity contribution in [3.05, 3.63) is 59.3 Å². The van der Waals surface area contributed by atoms with Crippen molar-refractivity contribution < 1.29 is 55.0 Å². The Labute approximate surface area is 162 Å². The van der Waals surface area contributed by atoms with Crippen LogP contribution in [0.1, 0.15) is 5.56 Å². The van der Waals surface area contributed by atoms with Crippen LogP contribution in [0.2, 0.25) is 0 Å². The molecule has 0 unspecified atom stereocenters. The van der Waals surface area contributed by atoms with Gasteiger partial charge in [0.25, 0.3) is 6.43 Å². The van der Waals surface area contributed by atoms with Crippen molar-refractivity contribution in [2.24, 2.45) is 0 Å². The Hall–Kier alpha value is -1.58. The normalized spacial score (nSPS) is 13.9. The predicted molar refractivity (Wildman–Crippen MR) is 78.3 cm³/mol. The molecule has 7 heteroatoms. The quantitative estimate of drug-likeness (QED) is 0.425. The SMILES string of the molecule is C#CC1=C[C-]=C(c2cc(F)c(OC)c(F)c2)N(CC(F)F)C1=C.[Y]. The van der Waals surface area contributed by atoms with Crippen LogP contribution in [0.25, 0.3) is 5.70 Å². The number of ether oxygens (including phenoxy) is 1. The van der Waals surface area contributed by atoms with Gasteiger partial charge >= 0.3 is 0 Å². The van der Waals surface area contributed by atoms with E-state index in [4.69, 9.17) is 6.42 Å². The van der Waals surface area contributed by atoms with Crippen molar-refractivity contribution in [3.63, 3.8) is 0 Å². The van der Waals surface area contributed by atoms with Gasteiger partial charge in [0.15, 0.2) is 17.4 Å². The Balaban J connectivity index is 0.00000288. The number of halogens is 4. The molecule has 1 aliphatic rings. The molecule has 2 nitrogen and oxygen atoms in total. The van der Waals surface area contributed by atoms with Crippen LogP contribution >= 0.6 is 0 Å². The van der Waals surface area contributed by atoms with Gasteiger partial charge in [-0.25, -0.2) is 17.6 Å². The fourth-order valence-electron chi connectivity index (χ4n) is 2.18. The molecule has 0 saturated carbocycles. The third kappa shape index (κ3) is 4.09. The molecule has 123 valence electrons. The summed E-state index contributed by atoms with van der Waals surface area (Å²) in [5.41, 5.74) is 0.478. The summed E-state index contributed by atoms with van der Waals surface area (Å²) in [5, 5.41) is 0. The smallest absolute Gasteiger partial charge is 0.256 e. The molecule has 0 atom stereocenters. The second-order valence-electron chi connectivity index (χ2n) is 4.62. The molecule has 0 bridgehead atoms. The molecule has 1 aliphatic heterocycles. The van der Waals surface area contributed by atoms with Crippen LogP contribution in [-0.2, 0) is 32.7 Å². The van der Waals surface area contributed by atoms with E-state index in [0.717, 1.165) is 24.1 Å². The Morgan fingerprint density at radius 2 is 1.92 bits per heavy atom. The maximum absolute atomic E-state index is 13.9. The molecular formula is C17H12F4NOY-. The van der Waals surface area contributed by atoms with Crippen LogP contribution in [0, 0.1) is 30.1 Å². The summed E-state index contributed by atoms with van der Waals surface area (Å²) in [6.07, 6.45) is 6.62. The number of allylic oxidation sites excluding steroid dienone is 3. The van der Waals surface area contributed by atoms with E-state index in [1.807, 2.05) is 0 Å². The second kappa shape index (κ2) is 8.50. The van der Waals surface area contributed by atoms with Gasteiger partial charge in [-0.2, -0.15) is 12.2 Å². The third-order valence-corrected chi connectivity index (χ3v) is 3.21. The summed E-state index contributed by atoms with van der Waals surface area (Å²) in [4.78, 5) is 1.08. The summed E-state index contributed by atoms with van der Waals surface area (Å²) in [7, 11) is 1.13. The van der Waals surface area contributed by atoms with Crippen LogP contribution in [0.5, 0.6) is 5.75 Å². The summed E-state index contributed by atoms with van der Waals surface area (Å²) < 4.78 is 58.0. The van der Waals surface area contributed by atoms with Crippen molar-refractivity contribution >= 4 is 5.70 Å². The van der Waals surface area contributed by atoms with Gasteiger partial charge < -0.3 is 9.64 Å². The first-order valence-electron chi connectivity index (χ1n) is 6.47. The minimum atomic E-state index is -2.70. The zero-order valence-corrected chi connectivity index (χ0v) is 15.6. The summed E-state index contributed by atoms with van der Waals surface area (Å²) in [6, 6.07) is 1.95. The minimum Gasteiger partial charge on any atom is -0.491 e. The van der Waals surface area contributed by atoms with Gasteiger partial charge in [-0.05, 0) is 5.70 Å². The summed E-state index contributed by atoms with van der Waals surface area (Å²) >= 11 is 0. The van der Waals surface area contributed by atoms with Crippen molar-refractivity contribution in [3.8, 4) is 18.1 Å². The standard InChI is InChI=1S/C17H12F4NO.Y/c1-4-11-5-6-15(22(10(11)2)9-16(20)21)12-7-13(18)17(23-3)14(19)8-12;/h1,5,7-8,16H,2,9H2,3H3;/q-1;. The van der Waals surface area contributed by atoms with Crippen molar-refractivity contribution in [2.75, 3.05) is 13.7 Å². The molecule has 0 spiro atoms. The van der Waals surface area contributed by atoms with E-state index in [0.29, 0.717) is 0 Å². The van der Waals surface area contributed by atoms with Crippen molar-refractivity contribution in [1.82, 2.24) is 4.90 Å². The molecule has 1 heterocycles. The van der Waals surface area contributed by atoms with Gasteiger partial charge in [0, 0.05) is 32.7 Å². The average molecular weight is 411 g/mol. The van der Waals surface area contributed by atoms with Gasteiger partial charge in [0.1, 0.15) is 0 Å². The second-order valence-corrected chi connectivity index (χ2v) is 4.62. The van der Waals surface area contributed by atoms with E-state index in [2.05, 4.69) is 23.3 Å². The molecule has 1 radical (unpaired) electrons. The molecule has 0 aliphatic carbocycles. The number of methoxy groups -OCH3 is 1. The molecule has 0 amide bonds. The van der Waals surface area contributed by atoms with E-state index in [1.165, 1.54) is 6.08 Å². The van der Waals surface area contributed by atoms with Gasteiger partial charge in [0.2, 0.25) is 0 Å². The van der Waals surface area contributed by atoms with Gasteiger partial charge in [0.05, 0.1) is 13.7 Å². The van der Waals surface area contributed by atoms with E-state index in [-0.39, 0.29) is 55.2 Å². The average Bonchev–Trinajstić information content (AvgIpc) is 2.48. The number of nitrogens with zero attached hydrogens (tertiary/aromatic N) is 1. The maximum Gasteiger partial charge on any atom is 0.256 e. The number of terminal acetylenes is 1. The molecule has 1 aromatic carbocycles. The van der Waals surface area contributed by atoms with Crippen LogP contribution in [0.4, 0.5) is 17.6 Å². The molecule has 0 saturated heterocycles. The van der Waals surface area contributed by atoms with Gasteiger partial charge in [-0.1, -0.05) is 35.5 Å². The van der Waals surface area contributed by atoms with Crippen LogP contribution in [0.3, 0.4) is 0 Å². The Morgan fingerprint density at radius 3 is 2.38 bits per heavy atom. The first kappa shape index (κ1) is 20.5. The van der Waals surface area contributed by atoms with Gasteiger partial charge in [-0.15, -0.1) is 12.3 Å². The van der Waals surface area contributed by atoms with E-state index in [9.17, 15) is 17.6 Å². The monoisotopic (exact) mass is 411 g/mol. The predicted octanol–water partition coefficient (Wildman–Crippen LogP) is 3.77. The molecule has 2 rings (SSSR count). The topological polar surface area (TPSA) is 12.5 Å². The largest absolute Gasteiger partial charge is 0.491 e. The first-order valence-corrected chi connectivity index (χ1v) is 6.47. The molecule has 0 fully saturated rings. The van der Waals surface area contributed by atoms with E-state index >= 15 is 0 Å². The molecule has 24 heavy (non-hydrogen) atoms. The minimum absolute atomic E-state index is 0. The number of hydrogen-bond donors (Lipinski definition) is 0. The maximum atomic E-state index is 13.9. The number of hydrogen-bond acceptors (Lipinski definition) is 2. The fourth-order valence-corrected chi connectivity index (χ4v) is 2.18. The summed E-state index contributed by atoms with van der Waals surface area (Å²) in [6.45, 7) is 2.94. The van der Waals surface area contributed by atoms with Crippen LogP contribution in [-0.4, -0.2) is 25.0 Å².